The van der Waals surface area contributed by atoms with Crippen LogP contribution in [0.3, 0.4) is 0 Å². The number of benzene rings is 1. The molecule has 2 aromatic heterocycles. The number of nitrogens with two attached hydrogens (primary N) is 1. The molecule has 6 nitrogen and oxygen atoms in total. The summed E-state index contributed by atoms with van der Waals surface area (Å²) in [5, 5.41) is 11.4. The molecule has 136 valence electrons. The first kappa shape index (κ1) is 17.4. The second-order valence-electron chi connectivity index (χ2n) is 6.60. The van der Waals surface area contributed by atoms with Gasteiger partial charge in [0.15, 0.2) is 5.82 Å². The van der Waals surface area contributed by atoms with Crippen LogP contribution < -0.4 is 5.73 Å². The Balaban J connectivity index is 1.63. The summed E-state index contributed by atoms with van der Waals surface area (Å²) in [6.45, 7) is 5.77. The van der Waals surface area contributed by atoms with Gasteiger partial charge in [-0.05, 0) is 19.1 Å². The third-order valence-corrected chi connectivity index (χ3v) is 5.71. The fourth-order valence-corrected chi connectivity index (χ4v) is 4.17. The van der Waals surface area contributed by atoms with Crippen LogP contribution in [0.25, 0.3) is 21.6 Å². The van der Waals surface area contributed by atoms with E-state index in [0.717, 1.165) is 52.5 Å². The Labute approximate surface area is 156 Å². The van der Waals surface area contributed by atoms with Crippen molar-refractivity contribution in [2.24, 2.45) is 0 Å². The zero-order valence-electron chi connectivity index (χ0n) is 14.7. The molecule has 1 atom stereocenters. The molecule has 0 unspecified atom stereocenters. The smallest absolute Gasteiger partial charge is 0.163 e. The van der Waals surface area contributed by atoms with E-state index in [4.69, 9.17) is 10.5 Å². The van der Waals surface area contributed by atoms with Crippen molar-refractivity contribution in [3.63, 3.8) is 0 Å². The van der Waals surface area contributed by atoms with E-state index in [0.29, 0.717) is 18.2 Å². The van der Waals surface area contributed by atoms with E-state index in [1.165, 1.54) is 11.3 Å². The van der Waals surface area contributed by atoms with Crippen LogP contribution >= 0.6 is 11.3 Å². The van der Waals surface area contributed by atoms with Crippen LogP contribution in [0.1, 0.15) is 16.5 Å². The number of thiophene rings is 1. The lowest BCUT2D eigenvalue weighted by atomic mass is 10.1. The highest BCUT2D eigenvalue weighted by atomic mass is 32.1. The number of aryl methyl sites for hydroxylation is 1. The Morgan fingerprint density at radius 2 is 2.08 bits per heavy atom. The predicted molar refractivity (Wildman–Crippen MR) is 104 cm³/mol. The number of morpholine rings is 1. The van der Waals surface area contributed by atoms with Gasteiger partial charge in [0.1, 0.15) is 16.8 Å². The van der Waals surface area contributed by atoms with Gasteiger partial charge in [0, 0.05) is 30.1 Å². The molecule has 0 bridgehead atoms. The molecule has 3 aromatic rings. The van der Waals surface area contributed by atoms with Crippen LogP contribution in [0.2, 0.25) is 0 Å². The number of nitrogen functional groups attached to an aromatic ring is 1. The zero-order chi connectivity index (χ0) is 18.1. The molecule has 26 heavy (non-hydrogen) atoms. The number of anilines is 1. The Morgan fingerprint density at radius 3 is 2.85 bits per heavy atom. The quantitative estimate of drug-likeness (QED) is 0.734. The summed E-state index contributed by atoms with van der Waals surface area (Å²) >= 11 is 1.48. The Bertz CT molecular complexity index is 921. The normalized spacial score (nSPS) is 16.8. The van der Waals surface area contributed by atoms with Gasteiger partial charge in [-0.2, -0.15) is 0 Å². The van der Waals surface area contributed by atoms with Crippen molar-refractivity contribution in [1.82, 2.24) is 14.9 Å². The summed E-state index contributed by atoms with van der Waals surface area (Å²) in [6.07, 6.45) is -0.561. The van der Waals surface area contributed by atoms with E-state index in [2.05, 4.69) is 14.9 Å². The number of aromatic nitrogens is 2. The van der Waals surface area contributed by atoms with E-state index in [1.54, 1.807) is 0 Å². The van der Waals surface area contributed by atoms with Gasteiger partial charge < -0.3 is 15.6 Å². The average molecular weight is 370 g/mol. The minimum atomic E-state index is -0.561. The lowest BCUT2D eigenvalue weighted by molar-refractivity contribution is 0.0150. The van der Waals surface area contributed by atoms with Crippen LogP contribution in [-0.4, -0.2) is 52.8 Å². The minimum Gasteiger partial charge on any atom is -0.386 e. The molecular weight excluding hydrogens is 348 g/mol. The summed E-state index contributed by atoms with van der Waals surface area (Å²) in [5.41, 5.74) is 8.27. The van der Waals surface area contributed by atoms with Gasteiger partial charge in [0.05, 0.1) is 18.6 Å². The first-order valence-electron chi connectivity index (χ1n) is 8.72. The van der Waals surface area contributed by atoms with Crippen molar-refractivity contribution in [2.45, 2.75) is 13.0 Å². The summed E-state index contributed by atoms with van der Waals surface area (Å²) in [4.78, 5) is 13.0. The average Bonchev–Trinajstić information content (AvgIpc) is 3.07. The molecule has 1 fully saturated rings. The van der Waals surface area contributed by atoms with Crippen molar-refractivity contribution >= 4 is 27.4 Å². The molecule has 0 spiro atoms. The van der Waals surface area contributed by atoms with E-state index < -0.39 is 6.10 Å². The summed E-state index contributed by atoms with van der Waals surface area (Å²) in [6, 6.07) is 9.97. The second kappa shape index (κ2) is 7.28. The fourth-order valence-electron chi connectivity index (χ4n) is 3.16. The van der Waals surface area contributed by atoms with Gasteiger partial charge in [0.25, 0.3) is 0 Å². The highest BCUT2D eigenvalue weighted by Gasteiger charge is 2.20. The third-order valence-electron chi connectivity index (χ3n) is 4.58. The maximum Gasteiger partial charge on any atom is 0.163 e. The second-order valence-corrected chi connectivity index (χ2v) is 7.66. The van der Waals surface area contributed by atoms with Gasteiger partial charge in [0.2, 0.25) is 0 Å². The molecular formula is C19H22N4O2S. The van der Waals surface area contributed by atoms with Crippen molar-refractivity contribution < 1.29 is 9.84 Å². The first-order valence-corrected chi connectivity index (χ1v) is 9.54. The lowest BCUT2D eigenvalue weighted by Gasteiger charge is -2.28. The number of ether oxygens (including phenoxy) is 1. The summed E-state index contributed by atoms with van der Waals surface area (Å²) < 4.78 is 5.36. The van der Waals surface area contributed by atoms with E-state index in [-0.39, 0.29) is 0 Å². The third kappa shape index (κ3) is 3.57. The van der Waals surface area contributed by atoms with Gasteiger partial charge >= 0.3 is 0 Å². The highest BCUT2D eigenvalue weighted by molar-refractivity contribution is 7.18. The van der Waals surface area contributed by atoms with Crippen LogP contribution in [0.4, 0.5) is 5.82 Å². The van der Waals surface area contributed by atoms with Crippen LogP contribution in [-0.2, 0) is 4.74 Å². The zero-order valence-corrected chi connectivity index (χ0v) is 15.5. The Kier molecular flexibility index (Phi) is 4.86. The number of β-amino-alcohol motifs (C(OH)–C–C–N with tert-alkyl or cyclic N) is 1. The number of rotatable bonds is 4. The molecule has 1 aromatic carbocycles. The van der Waals surface area contributed by atoms with Gasteiger partial charge in [-0.15, -0.1) is 11.3 Å². The van der Waals surface area contributed by atoms with Crippen LogP contribution in [0.5, 0.6) is 0 Å². The van der Waals surface area contributed by atoms with Crippen molar-refractivity contribution in [2.75, 3.05) is 38.6 Å². The largest absolute Gasteiger partial charge is 0.386 e. The molecule has 1 aliphatic heterocycles. The predicted octanol–water partition coefficient (Wildman–Crippen LogP) is 2.61. The van der Waals surface area contributed by atoms with Crippen molar-refractivity contribution in [3.05, 3.63) is 40.8 Å². The van der Waals surface area contributed by atoms with Crippen LogP contribution in [0.15, 0.2) is 30.3 Å². The topological polar surface area (TPSA) is 84.5 Å². The monoisotopic (exact) mass is 370 g/mol. The molecule has 7 heteroatoms. The number of hydrogen-bond donors (Lipinski definition) is 2. The molecule has 0 aliphatic carbocycles. The number of aliphatic hydroxyl groups excluding tert-OH is 1. The van der Waals surface area contributed by atoms with E-state index in [1.807, 2.05) is 37.3 Å². The lowest BCUT2D eigenvalue weighted by Crippen LogP contribution is -2.38. The van der Waals surface area contributed by atoms with E-state index >= 15 is 0 Å². The molecule has 1 aliphatic rings. The van der Waals surface area contributed by atoms with Gasteiger partial charge in [-0.3, -0.25) is 4.90 Å². The van der Waals surface area contributed by atoms with Gasteiger partial charge in [-0.1, -0.05) is 23.8 Å². The number of hydrogen-bond acceptors (Lipinski definition) is 7. The Hall–Kier alpha value is -2.06. The Morgan fingerprint density at radius 1 is 1.27 bits per heavy atom. The van der Waals surface area contributed by atoms with E-state index in [9.17, 15) is 5.11 Å². The molecule has 3 heterocycles. The number of aliphatic hydroxyl groups is 1. The molecule has 4 rings (SSSR count). The van der Waals surface area contributed by atoms with Crippen molar-refractivity contribution in [1.29, 1.82) is 0 Å². The molecule has 0 amide bonds. The van der Waals surface area contributed by atoms with Crippen molar-refractivity contribution in [3.8, 4) is 11.4 Å². The summed E-state index contributed by atoms with van der Waals surface area (Å²) in [5.74, 6) is 1.07. The fraction of sp³-hybridized carbons (Fsp3) is 0.368. The van der Waals surface area contributed by atoms with Gasteiger partial charge in [-0.25, -0.2) is 9.97 Å². The molecule has 0 radical (unpaired) electrons. The first-order chi connectivity index (χ1) is 12.6. The van der Waals surface area contributed by atoms with Crippen LogP contribution in [0, 0.1) is 6.92 Å². The molecule has 0 saturated carbocycles. The standard InChI is InChI=1S/C19H22N4O2S/c1-12-3-2-4-13(9-12)18-21-17(20)14-10-16(26-19(14)22-18)15(24)11-23-5-7-25-8-6-23/h2-4,9-10,15,24H,5-8,11H2,1H3,(H2,20,21,22)/t15-/m1/s1. The highest BCUT2D eigenvalue weighted by Crippen LogP contribution is 2.33. The number of nitrogens with zero attached hydrogens (tertiary/aromatic N) is 3. The minimum absolute atomic E-state index is 0.451. The number of fused-ring (bicyclic) bond motifs is 1. The summed E-state index contributed by atoms with van der Waals surface area (Å²) in [7, 11) is 0. The molecule has 1 saturated heterocycles. The maximum absolute atomic E-state index is 10.6. The SMILES string of the molecule is Cc1cccc(-c2nc(N)c3cc([C@H](O)CN4CCOCC4)sc3n2)c1. The molecule has 3 N–H and O–H groups in total. The maximum atomic E-state index is 10.6.